The topological polar surface area (TPSA) is 204 Å². The molecule has 2 aliphatic heterocycles. The number of fused-ring (bicyclic) bond motifs is 2. The first-order valence-electron chi connectivity index (χ1n) is 18.5. The lowest BCUT2D eigenvalue weighted by molar-refractivity contribution is -0.115. The maximum absolute atomic E-state index is 14.9. The zero-order chi connectivity index (χ0) is 42.8. The van der Waals surface area contributed by atoms with Gasteiger partial charge in [0.25, 0.3) is 23.6 Å². The minimum absolute atomic E-state index is 0.0530. The first kappa shape index (κ1) is 41.9. The standard InChI is InChI=1S/C42H42N4O12S/c1-7-57-35-19-25(15-17-33(35)55-5)31(45-39(49)27-11-9-13-29(43-23(3)47)37(27)41(45)51)21-59(53,54)22-32(26-16-18-34(56-6)36(20-26)58-8-2)46-40(50)28-12-10-14-30(44-24(4)48)38(28)42(46)52/h9-20,31-32H,7-8,21-22H2,1-6H3,(H,43,47)(H,44,48)/t31-,32+. The van der Waals surface area contributed by atoms with Crippen molar-refractivity contribution in [1.29, 1.82) is 0 Å². The van der Waals surface area contributed by atoms with Gasteiger partial charge in [0, 0.05) is 13.8 Å². The first-order valence-corrected chi connectivity index (χ1v) is 20.4. The summed E-state index contributed by atoms with van der Waals surface area (Å²) in [6.07, 6.45) is 0. The largest absolute Gasteiger partial charge is 0.493 e. The van der Waals surface area contributed by atoms with Gasteiger partial charge in [-0.3, -0.25) is 38.6 Å². The molecule has 59 heavy (non-hydrogen) atoms. The summed E-state index contributed by atoms with van der Waals surface area (Å²) >= 11 is 0. The van der Waals surface area contributed by atoms with Crippen LogP contribution < -0.4 is 29.6 Å². The van der Waals surface area contributed by atoms with E-state index < -0.39 is 68.9 Å². The molecule has 0 aromatic heterocycles. The third-order valence-corrected chi connectivity index (χ3v) is 11.4. The lowest BCUT2D eigenvalue weighted by Crippen LogP contribution is -2.41. The molecule has 0 spiro atoms. The molecule has 6 rings (SSSR count). The number of rotatable bonds is 16. The summed E-state index contributed by atoms with van der Waals surface area (Å²) in [5, 5.41) is 5.13. The number of ether oxygens (including phenoxy) is 4. The molecule has 0 fully saturated rings. The number of nitrogens with zero attached hydrogens (tertiary/aromatic N) is 2. The Hall–Kier alpha value is -6.75. The van der Waals surface area contributed by atoms with Crippen LogP contribution in [0.15, 0.2) is 72.8 Å². The molecule has 0 bridgehead atoms. The molecule has 0 saturated carbocycles. The van der Waals surface area contributed by atoms with Crippen molar-refractivity contribution in [1.82, 2.24) is 9.80 Å². The fourth-order valence-corrected chi connectivity index (χ4v) is 9.07. The van der Waals surface area contributed by atoms with Crippen molar-refractivity contribution in [2.24, 2.45) is 0 Å². The van der Waals surface area contributed by atoms with E-state index in [-0.39, 0.29) is 69.5 Å². The van der Waals surface area contributed by atoms with Gasteiger partial charge in [0.15, 0.2) is 32.8 Å². The zero-order valence-electron chi connectivity index (χ0n) is 33.1. The number of hydrogen-bond donors (Lipinski definition) is 2. The number of hydrogen-bond acceptors (Lipinski definition) is 12. The summed E-state index contributed by atoms with van der Waals surface area (Å²) in [5.74, 6) is -5.06. The quantitative estimate of drug-likeness (QED) is 0.140. The van der Waals surface area contributed by atoms with Crippen molar-refractivity contribution >= 4 is 56.7 Å². The van der Waals surface area contributed by atoms with Crippen molar-refractivity contribution in [3.8, 4) is 23.0 Å². The molecule has 4 aromatic rings. The summed E-state index contributed by atoms with van der Waals surface area (Å²) in [6, 6.07) is 14.7. The van der Waals surface area contributed by atoms with Crippen LogP contribution in [-0.2, 0) is 19.4 Å². The second-order valence-electron chi connectivity index (χ2n) is 13.6. The highest BCUT2D eigenvalue weighted by Crippen LogP contribution is 2.42. The predicted molar refractivity (Wildman–Crippen MR) is 215 cm³/mol. The number of carbonyl (C=O) groups excluding carboxylic acids is 6. The van der Waals surface area contributed by atoms with Crippen LogP contribution in [0.1, 0.15) is 92.3 Å². The number of amides is 6. The average Bonchev–Trinajstić information content (AvgIpc) is 3.60. The van der Waals surface area contributed by atoms with Crippen LogP contribution >= 0.6 is 0 Å². The molecule has 2 N–H and O–H groups in total. The van der Waals surface area contributed by atoms with Gasteiger partial charge in [-0.2, -0.15) is 0 Å². The zero-order valence-corrected chi connectivity index (χ0v) is 33.9. The lowest BCUT2D eigenvalue weighted by atomic mass is 10.1. The normalized spacial score (nSPS) is 14.4. The summed E-state index contributed by atoms with van der Waals surface area (Å²) in [4.78, 5) is 82.9. The Labute approximate surface area is 340 Å². The van der Waals surface area contributed by atoms with Crippen LogP contribution in [-0.4, -0.2) is 92.6 Å². The van der Waals surface area contributed by atoms with Gasteiger partial charge in [0.2, 0.25) is 11.8 Å². The number of imide groups is 2. The Bertz CT molecular complexity index is 2340. The number of benzene rings is 4. The van der Waals surface area contributed by atoms with Crippen molar-refractivity contribution in [2.75, 3.05) is 49.6 Å². The smallest absolute Gasteiger partial charge is 0.264 e. The highest BCUT2D eigenvalue weighted by molar-refractivity contribution is 7.91. The summed E-state index contributed by atoms with van der Waals surface area (Å²) in [6.45, 7) is 6.35. The molecule has 4 aromatic carbocycles. The third-order valence-electron chi connectivity index (χ3n) is 9.71. The van der Waals surface area contributed by atoms with Crippen LogP contribution in [0.25, 0.3) is 0 Å². The third kappa shape index (κ3) is 8.18. The van der Waals surface area contributed by atoms with E-state index in [1.54, 1.807) is 13.8 Å². The Morgan fingerprint density at radius 3 is 1.32 bits per heavy atom. The number of nitrogens with one attached hydrogen (secondary N) is 2. The van der Waals surface area contributed by atoms with Crippen molar-refractivity contribution in [3.63, 3.8) is 0 Å². The van der Waals surface area contributed by atoms with E-state index in [4.69, 9.17) is 18.9 Å². The molecule has 0 radical (unpaired) electrons. The molecule has 2 heterocycles. The minimum Gasteiger partial charge on any atom is -0.493 e. The van der Waals surface area contributed by atoms with E-state index in [0.717, 1.165) is 9.80 Å². The van der Waals surface area contributed by atoms with Crippen LogP contribution in [0, 0.1) is 0 Å². The maximum atomic E-state index is 14.9. The lowest BCUT2D eigenvalue weighted by Gasteiger charge is -2.30. The van der Waals surface area contributed by atoms with Crippen LogP contribution in [0.4, 0.5) is 11.4 Å². The van der Waals surface area contributed by atoms with Gasteiger partial charge < -0.3 is 29.6 Å². The second-order valence-corrected chi connectivity index (χ2v) is 15.7. The molecule has 2 atom stereocenters. The molecule has 16 nitrogen and oxygen atoms in total. The van der Waals surface area contributed by atoms with Crippen LogP contribution in [0.2, 0.25) is 0 Å². The molecular weight excluding hydrogens is 785 g/mol. The van der Waals surface area contributed by atoms with Crippen molar-refractivity contribution < 1.29 is 56.1 Å². The Kier molecular flexibility index (Phi) is 12.1. The Morgan fingerprint density at radius 1 is 0.593 bits per heavy atom. The van der Waals surface area contributed by atoms with Gasteiger partial charge in [-0.15, -0.1) is 0 Å². The van der Waals surface area contributed by atoms with Crippen molar-refractivity contribution in [2.45, 2.75) is 39.8 Å². The van der Waals surface area contributed by atoms with Gasteiger partial charge in [-0.05, 0) is 73.5 Å². The number of sulfone groups is 1. The van der Waals surface area contributed by atoms with Crippen LogP contribution in [0.5, 0.6) is 23.0 Å². The van der Waals surface area contributed by atoms with Crippen molar-refractivity contribution in [3.05, 3.63) is 106 Å². The van der Waals surface area contributed by atoms with Gasteiger partial charge in [-0.1, -0.05) is 24.3 Å². The first-order chi connectivity index (χ1) is 28.1. The summed E-state index contributed by atoms with van der Waals surface area (Å²) in [5.41, 5.74) is 0.170. The molecule has 0 aliphatic carbocycles. The number of anilines is 2. The molecule has 17 heteroatoms. The van der Waals surface area contributed by atoms with Gasteiger partial charge in [0.1, 0.15) is 0 Å². The molecule has 0 unspecified atom stereocenters. The Morgan fingerprint density at radius 2 is 0.983 bits per heavy atom. The molecular formula is C42H42N4O12S. The van der Waals surface area contributed by atoms with Gasteiger partial charge >= 0.3 is 0 Å². The monoisotopic (exact) mass is 826 g/mol. The van der Waals surface area contributed by atoms with Gasteiger partial charge in [0.05, 0.1) is 84.7 Å². The van der Waals surface area contributed by atoms with E-state index in [0.29, 0.717) is 11.5 Å². The van der Waals surface area contributed by atoms with Crippen LogP contribution in [0.3, 0.4) is 0 Å². The molecule has 308 valence electrons. The SMILES string of the molecule is CCOc1cc([C@@H](CS(=O)(=O)C[C@@H](c2ccc(OC)c(OCC)c2)N2C(=O)c3cccc(NC(C)=O)c3C2=O)N2C(=O)c3cccc(NC(C)=O)c3C2=O)ccc1OC. The molecule has 6 amide bonds. The molecule has 2 aliphatic rings. The van der Waals surface area contributed by atoms with E-state index >= 15 is 0 Å². The number of carbonyl (C=O) groups is 6. The highest BCUT2D eigenvalue weighted by Gasteiger charge is 2.47. The van der Waals surface area contributed by atoms with E-state index in [1.165, 1.54) is 101 Å². The predicted octanol–water partition coefficient (Wildman–Crippen LogP) is 5.21. The highest BCUT2D eigenvalue weighted by atomic mass is 32.2. The average molecular weight is 827 g/mol. The minimum atomic E-state index is -4.54. The van der Waals surface area contributed by atoms with Gasteiger partial charge in [-0.25, -0.2) is 8.42 Å². The summed E-state index contributed by atoms with van der Waals surface area (Å²) in [7, 11) is -1.70. The fourth-order valence-electron chi connectivity index (χ4n) is 7.29. The second kappa shape index (κ2) is 17.0. The maximum Gasteiger partial charge on any atom is 0.264 e. The summed E-state index contributed by atoms with van der Waals surface area (Å²) < 4.78 is 52.1. The molecule has 0 saturated heterocycles. The number of methoxy groups -OCH3 is 2. The van der Waals surface area contributed by atoms with E-state index in [1.807, 2.05) is 0 Å². The Balaban J connectivity index is 1.48. The fraction of sp³-hybridized carbons (Fsp3) is 0.286. The van der Waals surface area contributed by atoms with E-state index in [2.05, 4.69) is 10.6 Å². The van der Waals surface area contributed by atoms with E-state index in [9.17, 15) is 37.2 Å².